The molecule has 0 rings (SSSR count). The van der Waals surface area contributed by atoms with Crippen molar-refractivity contribution in [3.8, 4) is 0 Å². The van der Waals surface area contributed by atoms with E-state index in [9.17, 15) is 14.1 Å². The number of nitrogens with one attached hydrogen (secondary N) is 1. The summed E-state index contributed by atoms with van der Waals surface area (Å²) in [5, 5.41) is 4.85. The Hall–Kier alpha value is -0.650. The number of nitroso groups, excluding NO2 is 1. The van der Waals surface area contributed by atoms with Crippen LogP contribution in [0.4, 0.5) is 4.39 Å². The number of thioether (sulfide) groups is 1. The van der Waals surface area contributed by atoms with Crippen LogP contribution in [0.25, 0.3) is 0 Å². The lowest BCUT2D eigenvalue weighted by Gasteiger charge is -2.32. The number of hydrogen-bond donors (Lipinski definition) is 1. The lowest BCUT2D eigenvalue weighted by atomic mass is 9.78. The largest absolute Gasteiger partial charge is 0.359 e. The van der Waals surface area contributed by atoms with Gasteiger partial charge in [-0.05, 0) is 11.4 Å². The van der Waals surface area contributed by atoms with Gasteiger partial charge in [0.2, 0.25) is 12.2 Å². The Morgan fingerprint density at radius 1 is 1.60 bits per heavy atom. The van der Waals surface area contributed by atoms with E-state index in [1.54, 1.807) is 0 Å². The highest BCUT2D eigenvalue weighted by Gasteiger charge is 2.42. The van der Waals surface area contributed by atoms with Crippen LogP contribution in [0.5, 0.6) is 0 Å². The summed E-state index contributed by atoms with van der Waals surface area (Å²) in [7, 11) is 1.49. The molecule has 0 aromatic heterocycles. The fraction of sp³-hybridized carbons (Fsp3) is 0.889. The summed E-state index contributed by atoms with van der Waals surface area (Å²) in [6.07, 6.45) is -0.0416. The molecule has 1 N–H and O–H groups in total. The minimum absolute atomic E-state index is 0.263. The maximum atomic E-state index is 13.3. The third-order valence-electron chi connectivity index (χ3n) is 2.50. The third kappa shape index (κ3) is 3.44. The second-order valence-electron chi connectivity index (χ2n) is 3.88. The lowest BCUT2D eigenvalue weighted by molar-refractivity contribution is -0.128. The van der Waals surface area contributed by atoms with Gasteiger partial charge in [0.1, 0.15) is 0 Å². The van der Waals surface area contributed by atoms with Gasteiger partial charge in [-0.2, -0.15) is 11.8 Å². The van der Waals surface area contributed by atoms with E-state index in [-0.39, 0.29) is 5.91 Å². The van der Waals surface area contributed by atoms with E-state index < -0.39 is 17.6 Å². The van der Waals surface area contributed by atoms with E-state index in [2.05, 4.69) is 10.5 Å². The molecule has 4 nitrogen and oxygen atoms in total. The normalized spacial score (nSPS) is 15.5. The van der Waals surface area contributed by atoms with Gasteiger partial charge in [-0.25, -0.2) is 4.39 Å². The van der Waals surface area contributed by atoms with E-state index in [1.807, 2.05) is 6.26 Å². The average molecular weight is 236 g/mol. The highest BCUT2D eigenvalue weighted by molar-refractivity contribution is 7.98. The number of alkyl halides is 1. The van der Waals surface area contributed by atoms with E-state index in [1.165, 1.54) is 32.7 Å². The summed E-state index contributed by atoms with van der Waals surface area (Å²) in [6.45, 7) is 3.07. The summed E-state index contributed by atoms with van der Waals surface area (Å²) in [4.78, 5) is 21.7. The maximum Gasteiger partial charge on any atom is 0.236 e. The molecular formula is C9H17FN2O2S. The fourth-order valence-electron chi connectivity index (χ4n) is 1.27. The van der Waals surface area contributed by atoms with Gasteiger partial charge in [-0.3, -0.25) is 4.79 Å². The summed E-state index contributed by atoms with van der Waals surface area (Å²) in [5.41, 5.74) is -1.08. The zero-order valence-electron chi connectivity index (χ0n) is 9.41. The molecule has 0 aliphatic heterocycles. The molecule has 0 fully saturated rings. The van der Waals surface area contributed by atoms with Crippen LogP contribution in [0.1, 0.15) is 13.8 Å². The third-order valence-corrected chi connectivity index (χ3v) is 3.17. The van der Waals surface area contributed by atoms with Gasteiger partial charge in [0.25, 0.3) is 0 Å². The average Bonchev–Trinajstić information content (AvgIpc) is 2.23. The minimum atomic E-state index is -1.87. The summed E-state index contributed by atoms with van der Waals surface area (Å²) in [5.74, 6) is -0.367. The van der Waals surface area contributed by atoms with Crippen LogP contribution < -0.4 is 5.32 Å². The Balaban J connectivity index is 4.87. The molecule has 0 aromatic carbocycles. The SMILES string of the molecule is CNC(=O)C(CSC)C(C)(C)C(F)N=O. The van der Waals surface area contributed by atoms with Crippen molar-refractivity contribution in [2.75, 3.05) is 19.1 Å². The smallest absolute Gasteiger partial charge is 0.236 e. The second kappa shape index (κ2) is 6.05. The molecule has 0 saturated carbocycles. The van der Waals surface area contributed by atoms with E-state index in [0.29, 0.717) is 5.75 Å². The summed E-state index contributed by atoms with van der Waals surface area (Å²) >= 11 is 1.44. The number of carbonyl (C=O) groups is 1. The molecule has 0 aliphatic rings. The van der Waals surface area contributed by atoms with Gasteiger partial charge in [0.05, 0.1) is 5.92 Å². The van der Waals surface area contributed by atoms with Gasteiger partial charge >= 0.3 is 0 Å². The molecule has 15 heavy (non-hydrogen) atoms. The number of nitrogens with zero attached hydrogens (tertiary/aromatic N) is 1. The number of amides is 1. The minimum Gasteiger partial charge on any atom is -0.359 e. The first kappa shape index (κ1) is 14.3. The Bertz CT molecular complexity index is 236. The Labute approximate surface area is 93.4 Å². The monoisotopic (exact) mass is 236 g/mol. The molecule has 88 valence electrons. The van der Waals surface area contributed by atoms with Gasteiger partial charge in [0.15, 0.2) is 0 Å². The van der Waals surface area contributed by atoms with E-state index in [0.717, 1.165) is 0 Å². The van der Waals surface area contributed by atoms with Crippen LogP contribution in [-0.2, 0) is 4.79 Å². The van der Waals surface area contributed by atoms with Crippen molar-refractivity contribution in [3.05, 3.63) is 4.91 Å². The van der Waals surface area contributed by atoms with Gasteiger partial charge in [0, 0.05) is 18.2 Å². The number of rotatable bonds is 6. The molecule has 0 aliphatic carbocycles. The summed E-state index contributed by atoms with van der Waals surface area (Å²) < 4.78 is 13.3. The predicted octanol–water partition coefficient (Wildman–Crippen LogP) is 1.80. The standard InChI is InChI=1S/C9H17FN2O2S/c1-9(2,8(10)12-14)6(5-15-4)7(13)11-3/h6,8H,5H2,1-4H3,(H,11,13). The first-order chi connectivity index (χ1) is 6.91. The number of hydrogen-bond acceptors (Lipinski definition) is 4. The molecule has 2 unspecified atom stereocenters. The van der Waals surface area contributed by atoms with Crippen LogP contribution >= 0.6 is 11.8 Å². The second-order valence-corrected chi connectivity index (χ2v) is 4.80. The van der Waals surface area contributed by atoms with Crippen molar-refractivity contribution in [2.24, 2.45) is 16.5 Å². The molecule has 0 aromatic rings. The highest BCUT2D eigenvalue weighted by atomic mass is 32.2. The van der Waals surface area contributed by atoms with Crippen LogP contribution in [-0.4, -0.2) is 31.3 Å². The summed E-state index contributed by atoms with van der Waals surface area (Å²) in [6, 6.07) is 0. The Morgan fingerprint density at radius 3 is 2.47 bits per heavy atom. The molecule has 0 heterocycles. The molecule has 6 heteroatoms. The first-order valence-corrected chi connectivity index (χ1v) is 5.98. The van der Waals surface area contributed by atoms with Crippen LogP contribution in [0.3, 0.4) is 0 Å². The van der Waals surface area contributed by atoms with Gasteiger partial charge in [-0.1, -0.05) is 13.8 Å². The zero-order chi connectivity index (χ0) is 12.1. The van der Waals surface area contributed by atoms with Crippen LogP contribution in [0, 0.1) is 16.2 Å². The molecule has 0 radical (unpaired) electrons. The Morgan fingerprint density at radius 2 is 2.13 bits per heavy atom. The zero-order valence-corrected chi connectivity index (χ0v) is 10.2. The van der Waals surface area contributed by atoms with Crippen molar-refractivity contribution >= 4 is 17.7 Å². The van der Waals surface area contributed by atoms with Gasteiger partial charge < -0.3 is 5.32 Å². The van der Waals surface area contributed by atoms with Crippen molar-refractivity contribution in [1.29, 1.82) is 0 Å². The fourth-order valence-corrected chi connectivity index (χ4v) is 2.19. The van der Waals surface area contributed by atoms with Crippen LogP contribution in [0.2, 0.25) is 0 Å². The topological polar surface area (TPSA) is 58.5 Å². The van der Waals surface area contributed by atoms with E-state index in [4.69, 9.17) is 0 Å². The molecule has 0 bridgehead atoms. The van der Waals surface area contributed by atoms with Crippen molar-refractivity contribution in [1.82, 2.24) is 5.32 Å². The van der Waals surface area contributed by atoms with Crippen molar-refractivity contribution in [3.63, 3.8) is 0 Å². The van der Waals surface area contributed by atoms with Crippen molar-refractivity contribution in [2.45, 2.75) is 20.1 Å². The van der Waals surface area contributed by atoms with Crippen LogP contribution in [0.15, 0.2) is 5.18 Å². The maximum absolute atomic E-state index is 13.3. The number of halogens is 1. The predicted molar refractivity (Wildman–Crippen MR) is 60.4 cm³/mol. The molecule has 0 spiro atoms. The quantitative estimate of drug-likeness (QED) is 0.565. The molecule has 1 amide bonds. The van der Waals surface area contributed by atoms with E-state index >= 15 is 0 Å². The highest BCUT2D eigenvalue weighted by Crippen LogP contribution is 2.35. The lowest BCUT2D eigenvalue weighted by Crippen LogP contribution is -2.43. The Kier molecular flexibility index (Phi) is 5.79. The molecular weight excluding hydrogens is 219 g/mol. The number of carbonyl (C=O) groups excluding carboxylic acids is 1. The molecule has 2 atom stereocenters. The molecule has 0 saturated heterocycles. The van der Waals surface area contributed by atoms with Crippen molar-refractivity contribution < 1.29 is 9.18 Å². The van der Waals surface area contributed by atoms with Gasteiger partial charge in [-0.15, -0.1) is 4.91 Å². The first-order valence-electron chi connectivity index (χ1n) is 4.58.